The third-order valence-corrected chi connectivity index (χ3v) is 6.36. The van der Waals surface area contributed by atoms with Gasteiger partial charge in [-0.3, -0.25) is 4.18 Å². The quantitative estimate of drug-likeness (QED) is 0.178. The molecule has 0 bridgehead atoms. The van der Waals surface area contributed by atoms with Crippen LogP contribution in [0.4, 0.5) is 0 Å². The minimum atomic E-state index is -3.48. The van der Waals surface area contributed by atoms with Gasteiger partial charge in [0, 0.05) is 0 Å². The van der Waals surface area contributed by atoms with Crippen molar-refractivity contribution in [1.29, 1.82) is 0 Å². The molecule has 0 aromatic carbocycles. The number of rotatable bonds is 21. The van der Waals surface area contributed by atoms with Crippen molar-refractivity contribution in [3.63, 3.8) is 0 Å². The Bertz CT molecular complexity index is 395. The summed E-state index contributed by atoms with van der Waals surface area (Å²) in [6.07, 6.45) is 18.4. The van der Waals surface area contributed by atoms with Crippen LogP contribution in [-0.2, 0) is 14.3 Å². The van der Waals surface area contributed by atoms with Gasteiger partial charge in [0.2, 0.25) is 0 Å². The summed E-state index contributed by atoms with van der Waals surface area (Å²) in [6.45, 7) is 4.70. The van der Waals surface area contributed by atoms with Crippen LogP contribution in [0.15, 0.2) is 0 Å². The van der Waals surface area contributed by atoms with E-state index < -0.39 is 16.2 Å². The molecule has 0 aliphatic heterocycles. The number of hydrogen-bond acceptors (Lipinski definition) is 4. The standard InChI is InChI=1S/C22H46O4S/c1-3-5-7-9-11-12-13-14-16-18-22(23)19-21-27(24,25)26-20-17-15-10-8-6-4-2/h22-23H,3-21H2,1-2H3. The summed E-state index contributed by atoms with van der Waals surface area (Å²) in [5, 5.41) is 9.98. The fraction of sp³-hybridized carbons (Fsp3) is 1.00. The number of aliphatic hydroxyl groups excluding tert-OH is 1. The van der Waals surface area contributed by atoms with Gasteiger partial charge < -0.3 is 5.11 Å². The van der Waals surface area contributed by atoms with Gasteiger partial charge >= 0.3 is 0 Å². The molecule has 5 heteroatoms. The molecule has 0 aromatic heterocycles. The van der Waals surface area contributed by atoms with Crippen LogP contribution in [-0.4, -0.2) is 32.0 Å². The topological polar surface area (TPSA) is 63.6 Å². The van der Waals surface area contributed by atoms with Crippen LogP contribution in [0.3, 0.4) is 0 Å². The highest BCUT2D eigenvalue weighted by atomic mass is 32.2. The largest absolute Gasteiger partial charge is 0.393 e. The molecule has 1 unspecified atom stereocenters. The van der Waals surface area contributed by atoms with Crippen LogP contribution in [0.1, 0.15) is 123 Å². The highest BCUT2D eigenvalue weighted by Crippen LogP contribution is 2.13. The van der Waals surface area contributed by atoms with Gasteiger partial charge in [-0.05, 0) is 19.3 Å². The zero-order chi connectivity index (χ0) is 20.2. The van der Waals surface area contributed by atoms with Crippen molar-refractivity contribution >= 4 is 10.1 Å². The molecular weight excluding hydrogens is 360 g/mol. The predicted octanol–water partition coefficient (Wildman–Crippen LogP) is 6.37. The Hall–Kier alpha value is -0.130. The van der Waals surface area contributed by atoms with Gasteiger partial charge in [0.1, 0.15) is 0 Å². The lowest BCUT2D eigenvalue weighted by Crippen LogP contribution is -2.17. The van der Waals surface area contributed by atoms with Crippen molar-refractivity contribution in [2.45, 2.75) is 129 Å². The summed E-state index contributed by atoms with van der Waals surface area (Å²) < 4.78 is 28.8. The van der Waals surface area contributed by atoms with Crippen LogP contribution in [0.25, 0.3) is 0 Å². The van der Waals surface area contributed by atoms with E-state index in [2.05, 4.69) is 13.8 Å². The maximum atomic E-state index is 11.9. The van der Waals surface area contributed by atoms with Crippen LogP contribution in [0, 0.1) is 0 Å². The van der Waals surface area contributed by atoms with Crippen molar-refractivity contribution in [2.75, 3.05) is 12.4 Å². The molecule has 164 valence electrons. The summed E-state index contributed by atoms with van der Waals surface area (Å²) in [5.41, 5.74) is 0. The van der Waals surface area contributed by atoms with Gasteiger partial charge in [0.15, 0.2) is 0 Å². The van der Waals surface area contributed by atoms with E-state index in [4.69, 9.17) is 4.18 Å². The Morgan fingerprint density at radius 2 is 1.11 bits per heavy atom. The first kappa shape index (κ1) is 26.9. The lowest BCUT2D eigenvalue weighted by atomic mass is 10.0. The van der Waals surface area contributed by atoms with Crippen molar-refractivity contribution in [3.05, 3.63) is 0 Å². The molecule has 27 heavy (non-hydrogen) atoms. The fourth-order valence-electron chi connectivity index (χ4n) is 3.24. The Labute approximate surface area is 169 Å². The summed E-state index contributed by atoms with van der Waals surface area (Å²) in [4.78, 5) is 0. The van der Waals surface area contributed by atoms with Crippen molar-refractivity contribution < 1.29 is 17.7 Å². The zero-order valence-corrected chi connectivity index (χ0v) is 18.9. The van der Waals surface area contributed by atoms with E-state index in [9.17, 15) is 13.5 Å². The van der Waals surface area contributed by atoms with E-state index in [0.29, 0.717) is 6.42 Å². The monoisotopic (exact) mass is 406 g/mol. The average molecular weight is 407 g/mol. The van der Waals surface area contributed by atoms with Crippen LogP contribution in [0.5, 0.6) is 0 Å². The Morgan fingerprint density at radius 1 is 0.667 bits per heavy atom. The van der Waals surface area contributed by atoms with Crippen molar-refractivity contribution in [1.82, 2.24) is 0 Å². The molecule has 0 saturated carbocycles. The summed E-state index contributed by atoms with van der Waals surface area (Å²) in [5.74, 6) is -0.0680. The van der Waals surface area contributed by atoms with Gasteiger partial charge in [-0.2, -0.15) is 8.42 Å². The fourth-order valence-corrected chi connectivity index (χ4v) is 4.29. The minimum Gasteiger partial charge on any atom is -0.393 e. The first-order chi connectivity index (χ1) is 13.0. The molecule has 0 aliphatic carbocycles. The molecular formula is C22H46O4S. The highest BCUT2D eigenvalue weighted by Gasteiger charge is 2.14. The molecule has 0 rings (SSSR count). The number of hydrogen-bond donors (Lipinski definition) is 1. The second-order valence-corrected chi connectivity index (χ2v) is 9.67. The summed E-state index contributed by atoms with van der Waals surface area (Å²) >= 11 is 0. The van der Waals surface area contributed by atoms with E-state index in [1.807, 2.05) is 0 Å². The SMILES string of the molecule is CCCCCCCCCCCC(O)CCS(=O)(=O)OCCCCCCCC. The number of unbranched alkanes of at least 4 members (excludes halogenated alkanes) is 13. The molecule has 0 heterocycles. The smallest absolute Gasteiger partial charge is 0.267 e. The van der Waals surface area contributed by atoms with Crippen LogP contribution < -0.4 is 0 Å². The lowest BCUT2D eigenvalue weighted by molar-refractivity contribution is 0.155. The minimum absolute atomic E-state index is 0.0680. The molecule has 0 amide bonds. The maximum Gasteiger partial charge on any atom is 0.267 e. The van der Waals surface area contributed by atoms with E-state index in [0.717, 1.165) is 32.1 Å². The first-order valence-corrected chi connectivity index (χ1v) is 13.1. The predicted molar refractivity (Wildman–Crippen MR) is 116 cm³/mol. The molecule has 0 aliphatic rings. The van der Waals surface area contributed by atoms with E-state index in [1.165, 1.54) is 64.2 Å². The Morgan fingerprint density at radius 3 is 1.63 bits per heavy atom. The molecule has 0 fully saturated rings. The average Bonchev–Trinajstić information content (AvgIpc) is 2.64. The molecule has 0 saturated heterocycles. The highest BCUT2D eigenvalue weighted by molar-refractivity contribution is 7.86. The maximum absolute atomic E-state index is 11.9. The van der Waals surface area contributed by atoms with E-state index >= 15 is 0 Å². The summed E-state index contributed by atoms with van der Waals surface area (Å²) in [7, 11) is -3.48. The third kappa shape index (κ3) is 20.4. The Balaban J connectivity index is 3.51. The molecule has 1 N–H and O–H groups in total. The molecule has 0 spiro atoms. The Kier molecular flexibility index (Phi) is 19.1. The van der Waals surface area contributed by atoms with Crippen LogP contribution >= 0.6 is 0 Å². The first-order valence-electron chi connectivity index (χ1n) is 11.6. The van der Waals surface area contributed by atoms with E-state index in [-0.39, 0.29) is 18.8 Å². The summed E-state index contributed by atoms with van der Waals surface area (Å²) in [6, 6.07) is 0. The third-order valence-electron chi connectivity index (χ3n) is 5.10. The normalized spacial score (nSPS) is 13.1. The van der Waals surface area contributed by atoms with Gasteiger partial charge in [-0.25, -0.2) is 0 Å². The van der Waals surface area contributed by atoms with Gasteiger partial charge in [0.05, 0.1) is 18.5 Å². The molecule has 0 aromatic rings. The molecule has 0 radical (unpaired) electrons. The number of aliphatic hydroxyl groups is 1. The molecule has 4 nitrogen and oxygen atoms in total. The second-order valence-electron chi connectivity index (χ2n) is 7.91. The zero-order valence-electron chi connectivity index (χ0n) is 18.1. The van der Waals surface area contributed by atoms with Crippen molar-refractivity contribution in [3.8, 4) is 0 Å². The molecule has 1 atom stereocenters. The lowest BCUT2D eigenvalue weighted by Gasteiger charge is -2.11. The van der Waals surface area contributed by atoms with Crippen LogP contribution in [0.2, 0.25) is 0 Å². The van der Waals surface area contributed by atoms with Crippen molar-refractivity contribution in [2.24, 2.45) is 0 Å². The second kappa shape index (κ2) is 19.2. The van der Waals surface area contributed by atoms with Gasteiger partial charge in [-0.1, -0.05) is 104 Å². The van der Waals surface area contributed by atoms with E-state index in [1.54, 1.807) is 0 Å². The van der Waals surface area contributed by atoms with Gasteiger partial charge in [-0.15, -0.1) is 0 Å². The van der Waals surface area contributed by atoms with Gasteiger partial charge in [0.25, 0.3) is 10.1 Å².